The lowest BCUT2D eigenvalue weighted by atomic mass is 10.0. The van der Waals surface area contributed by atoms with Crippen molar-refractivity contribution < 1.29 is 14.2 Å². The van der Waals surface area contributed by atoms with Crippen LogP contribution in [-0.2, 0) is 0 Å². The van der Waals surface area contributed by atoms with Gasteiger partial charge in [-0.05, 0) is 43.2 Å². The minimum Gasteiger partial charge on any atom is -0.479 e. The number of piperidine rings is 1. The van der Waals surface area contributed by atoms with Crippen molar-refractivity contribution in [3.63, 3.8) is 0 Å². The number of hydrogen-bond acceptors (Lipinski definition) is 7. The van der Waals surface area contributed by atoms with Crippen LogP contribution in [0.4, 0.5) is 10.3 Å². The first kappa shape index (κ1) is 21.5. The third-order valence-corrected chi connectivity index (χ3v) is 6.05. The molecule has 9 heteroatoms. The van der Waals surface area contributed by atoms with E-state index < -0.39 is 18.3 Å². The lowest BCUT2D eigenvalue weighted by molar-refractivity contribution is 0.0758. The summed E-state index contributed by atoms with van der Waals surface area (Å²) >= 11 is 0. The van der Waals surface area contributed by atoms with Crippen molar-refractivity contribution in [3.8, 4) is 17.0 Å². The average Bonchev–Trinajstić information content (AvgIpc) is 3.24. The maximum atomic E-state index is 14.8. The molecule has 3 atom stereocenters. The number of alkyl halides is 1. The van der Waals surface area contributed by atoms with Gasteiger partial charge in [0.05, 0.1) is 24.8 Å². The van der Waals surface area contributed by atoms with Crippen LogP contribution in [0.3, 0.4) is 0 Å². The van der Waals surface area contributed by atoms with Crippen LogP contribution in [0.25, 0.3) is 27.5 Å². The average molecular weight is 451 g/mol. The predicted molar refractivity (Wildman–Crippen MR) is 125 cm³/mol. The zero-order valence-corrected chi connectivity index (χ0v) is 18.6. The molecule has 0 amide bonds. The van der Waals surface area contributed by atoms with Gasteiger partial charge in [-0.25, -0.2) is 8.91 Å². The number of nitrogens with one attached hydrogen (secondary N) is 1. The fraction of sp³-hybridized carbons (Fsp3) is 0.375. The third-order valence-electron chi connectivity index (χ3n) is 6.05. The molecule has 0 radical (unpaired) electrons. The number of β-amino-alcohol motifs (C(OH)–C–C–N with tert-alkyl or cyclic N) is 1. The number of fused-ring (bicyclic) bond motifs is 2. The molecule has 0 bridgehead atoms. The van der Waals surface area contributed by atoms with Crippen molar-refractivity contribution in [1.29, 1.82) is 0 Å². The fourth-order valence-corrected chi connectivity index (χ4v) is 4.51. The van der Waals surface area contributed by atoms with E-state index in [-0.39, 0.29) is 6.54 Å². The number of anilines is 1. The zero-order chi connectivity index (χ0) is 22.9. The Bertz CT molecular complexity index is 1280. The van der Waals surface area contributed by atoms with Gasteiger partial charge in [0.2, 0.25) is 11.8 Å². The summed E-state index contributed by atoms with van der Waals surface area (Å²) in [5.74, 6) is 0.738. The van der Waals surface area contributed by atoms with Gasteiger partial charge in [0.1, 0.15) is 11.7 Å². The predicted octanol–water partition coefficient (Wildman–Crippen LogP) is 3.16. The van der Waals surface area contributed by atoms with E-state index in [0.717, 1.165) is 27.5 Å². The lowest BCUT2D eigenvalue weighted by Gasteiger charge is -2.35. The molecule has 8 nitrogen and oxygen atoms in total. The van der Waals surface area contributed by atoms with E-state index in [1.807, 2.05) is 41.4 Å². The summed E-state index contributed by atoms with van der Waals surface area (Å²) in [5.41, 5.74) is 3.63. The van der Waals surface area contributed by atoms with Crippen LogP contribution < -0.4 is 10.1 Å². The van der Waals surface area contributed by atoms with Gasteiger partial charge < -0.3 is 15.2 Å². The number of rotatable bonds is 6. The molecule has 0 aliphatic carbocycles. The Morgan fingerprint density at radius 1 is 1.30 bits per heavy atom. The summed E-state index contributed by atoms with van der Waals surface area (Å²) in [6, 6.07) is 11.6. The van der Waals surface area contributed by atoms with E-state index in [0.29, 0.717) is 31.3 Å². The molecule has 1 saturated heterocycles. The maximum absolute atomic E-state index is 14.8. The van der Waals surface area contributed by atoms with Gasteiger partial charge in [-0.2, -0.15) is 4.98 Å². The molecule has 1 aromatic carbocycles. The van der Waals surface area contributed by atoms with Crippen LogP contribution in [0.15, 0.2) is 48.8 Å². The highest BCUT2D eigenvalue weighted by atomic mass is 19.1. The summed E-state index contributed by atoms with van der Waals surface area (Å²) in [5, 5.41) is 18.3. The first-order valence-corrected chi connectivity index (χ1v) is 11.1. The Kier molecular flexibility index (Phi) is 5.82. The first-order chi connectivity index (χ1) is 16.0. The number of pyridine rings is 1. The number of nitrogens with zero attached hydrogens (tertiary/aromatic N) is 5. The smallest absolute Gasteiger partial charge is 0.244 e. The Balaban J connectivity index is 1.42. The van der Waals surface area contributed by atoms with E-state index in [1.54, 1.807) is 24.7 Å². The van der Waals surface area contributed by atoms with Crippen LogP contribution in [-0.4, -0.2) is 74.7 Å². The van der Waals surface area contributed by atoms with Gasteiger partial charge in [-0.15, -0.1) is 5.10 Å². The Morgan fingerprint density at radius 2 is 2.18 bits per heavy atom. The van der Waals surface area contributed by atoms with Gasteiger partial charge >= 0.3 is 0 Å². The summed E-state index contributed by atoms with van der Waals surface area (Å²) < 4.78 is 22.1. The lowest BCUT2D eigenvalue weighted by Crippen LogP contribution is -2.49. The van der Waals surface area contributed by atoms with Gasteiger partial charge in [-0.3, -0.25) is 9.88 Å². The molecular formula is C24H27FN6O2. The van der Waals surface area contributed by atoms with E-state index in [1.165, 1.54) is 0 Å². The Labute approximate surface area is 191 Å². The second-order valence-corrected chi connectivity index (χ2v) is 8.54. The summed E-state index contributed by atoms with van der Waals surface area (Å²) in [7, 11) is 1.57. The molecule has 0 saturated carbocycles. The normalized spacial score (nSPS) is 20.2. The summed E-state index contributed by atoms with van der Waals surface area (Å²) in [6.07, 6.45) is 2.67. The second-order valence-electron chi connectivity index (χ2n) is 8.54. The molecule has 0 unspecified atom stereocenters. The standard InChI is InChI=1S/C24H27FN6O2/c1-15(32)13-30-10-8-21(19(25)14-30)27-24-28-23(33-2)22-18(7-11-31(22)29-24)16-5-6-20-17(12-16)4-3-9-26-20/h3-7,9,11-12,15,19,21,32H,8,10,13-14H2,1-2H3,(H,27,29)/t15-,19-,21+/m1/s1. The molecule has 1 fully saturated rings. The van der Waals surface area contributed by atoms with Gasteiger partial charge in [0.15, 0.2) is 0 Å². The molecule has 1 aliphatic heterocycles. The van der Waals surface area contributed by atoms with Crippen molar-refractivity contribution in [1.82, 2.24) is 24.5 Å². The molecular weight excluding hydrogens is 423 g/mol. The first-order valence-electron chi connectivity index (χ1n) is 11.1. The highest BCUT2D eigenvalue weighted by Gasteiger charge is 2.30. The quantitative estimate of drug-likeness (QED) is 0.467. The third kappa shape index (κ3) is 4.34. The van der Waals surface area contributed by atoms with Crippen molar-refractivity contribution in [2.45, 2.75) is 31.7 Å². The molecule has 33 heavy (non-hydrogen) atoms. The fourth-order valence-electron chi connectivity index (χ4n) is 4.51. The van der Waals surface area contributed by atoms with Crippen molar-refractivity contribution in [3.05, 3.63) is 48.8 Å². The van der Waals surface area contributed by atoms with Gasteiger partial charge in [0.25, 0.3) is 0 Å². The number of methoxy groups -OCH3 is 1. The molecule has 4 heterocycles. The van der Waals surface area contributed by atoms with Gasteiger partial charge in [-0.1, -0.05) is 12.1 Å². The molecule has 0 spiro atoms. The van der Waals surface area contributed by atoms with Crippen molar-refractivity contribution in [2.75, 3.05) is 32.1 Å². The van der Waals surface area contributed by atoms with Crippen LogP contribution in [0, 0.1) is 0 Å². The maximum Gasteiger partial charge on any atom is 0.244 e. The van der Waals surface area contributed by atoms with E-state index >= 15 is 0 Å². The summed E-state index contributed by atoms with van der Waals surface area (Å²) in [4.78, 5) is 10.9. The number of likely N-dealkylation sites (tertiary alicyclic amines) is 1. The minimum absolute atomic E-state index is 0.270. The molecule has 2 N–H and O–H groups in total. The van der Waals surface area contributed by atoms with Crippen LogP contribution >= 0.6 is 0 Å². The van der Waals surface area contributed by atoms with Crippen LogP contribution in [0.5, 0.6) is 5.88 Å². The Hall–Kier alpha value is -3.30. The minimum atomic E-state index is -1.09. The SMILES string of the molecule is COc1nc(N[C@H]2CCN(C[C@@H](C)O)C[C@H]2F)nn2ccc(-c3ccc4ncccc4c3)c12. The van der Waals surface area contributed by atoms with Crippen molar-refractivity contribution in [2.24, 2.45) is 0 Å². The number of aromatic nitrogens is 4. The molecule has 5 rings (SSSR count). The van der Waals surface area contributed by atoms with E-state index in [4.69, 9.17) is 4.74 Å². The number of hydrogen-bond donors (Lipinski definition) is 2. The monoisotopic (exact) mass is 450 g/mol. The molecule has 3 aromatic heterocycles. The van der Waals surface area contributed by atoms with E-state index in [2.05, 4.69) is 26.4 Å². The zero-order valence-electron chi connectivity index (χ0n) is 18.6. The highest BCUT2D eigenvalue weighted by Crippen LogP contribution is 2.33. The largest absolute Gasteiger partial charge is 0.479 e. The van der Waals surface area contributed by atoms with E-state index in [9.17, 15) is 9.50 Å². The highest BCUT2D eigenvalue weighted by molar-refractivity contribution is 5.90. The second kappa shape index (κ2) is 8.92. The molecule has 172 valence electrons. The topological polar surface area (TPSA) is 87.8 Å². The number of ether oxygens (including phenoxy) is 1. The molecule has 1 aliphatic rings. The molecule has 4 aromatic rings. The van der Waals surface area contributed by atoms with Crippen molar-refractivity contribution >= 4 is 22.4 Å². The van der Waals surface area contributed by atoms with Crippen LogP contribution in [0.1, 0.15) is 13.3 Å². The summed E-state index contributed by atoms with van der Waals surface area (Å²) in [6.45, 7) is 3.16. The number of halogens is 1. The number of aliphatic hydroxyl groups is 1. The number of aliphatic hydroxyl groups excluding tert-OH is 1. The van der Waals surface area contributed by atoms with Gasteiger partial charge in [0, 0.05) is 43.0 Å². The Morgan fingerprint density at radius 3 is 2.97 bits per heavy atom. The van der Waals surface area contributed by atoms with Crippen LogP contribution in [0.2, 0.25) is 0 Å². The number of benzene rings is 1.